The fraction of sp³-hybridized carbons (Fsp3) is 0.923. The average molecular weight is 242 g/mol. The van der Waals surface area contributed by atoms with Gasteiger partial charge in [0, 0.05) is 5.54 Å². The van der Waals surface area contributed by atoms with E-state index in [-0.39, 0.29) is 11.5 Å². The summed E-state index contributed by atoms with van der Waals surface area (Å²) in [6.45, 7) is 8.46. The summed E-state index contributed by atoms with van der Waals surface area (Å²) >= 11 is 0. The molecule has 1 saturated heterocycles. The summed E-state index contributed by atoms with van der Waals surface area (Å²) in [5, 5.41) is 0. The van der Waals surface area contributed by atoms with Gasteiger partial charge >= 0.3 is 5.97 Å². The quantitative estimate of drug-likeness (QED) is 0.743. The molecule has 1 fully saturated rings. The molecule has 1 aliphatic heterocycles. The highest BCUT2D eigenvalue weighted by Crippen LogP contribution is 2.27. The number of nitrogens with zero attached hydrogens (tertiary/aromatic N) is 1. The van der Waals surface area contributed by atoms with Gasteiger partial charge in [-0.15, -0.1) is 0 Å². The van der Waals surface area contributed by atoms with E-state index in [1.165, 1.54) is 19.3 Å². The van der Waals surface area contributed by atoms with Crippen LogP contribution in [0.3, 0.4) is 0 Å². The number of hydrogen-bond acceptors (Lipinski definition) is 4. The first kappa shape index (κ1) is 14.5. The van der Waals surface area contributed by atoms with Gasteiger partial charge in [0.15, 0.2) is 0 Å². The number of rotatable bonds is 5. The fourth-order valence-electron chi connectivity index (χ4n) is 2.53. The summed E-state index contributed by atoms with van der Waals surface area (Å²) in [6.07, 6.45) is 4.55. The predicted molar refractivity (Wildman–Crippen MR) is 68.7 cm³/mol. The van der Waals surface area contributed by atoms with E-state index in [4.69, 9.17) is 10.5 Å². The molecule has 0 aliphatic carbocycles. The molecule has 0 aromatic carbocycles. The number of esters is 1. The van der Waals surface area contributed by atoms with Crippen LogP contribution in [-0.2, 0) is 9.53 Å². The Kier molecular flexibility index (Phi) is 5.40. The zero-order valence-electron chi connectivity index (χ0n) is 11.4. The standard InChI is InChI=1S/C13H26N2O2/c1-4-13(3,11(14)12(16)17-5-2)15-9-7-6-8-10-15/h11H,4-10,14H2,1-3H3/t11-,13+/m0/s1. The fourth-order valence-corrected chi connectivity index (χ4v) is 2.53. The molecule has 1 aliphatic rings. The monoisotopic (exact) mass is 242 g/mol. The lowest BCUT2D eigenvalue weighted by Crippen LogP contribution is -2.62. The minimum Gasteiger partial charge on any atom is -0.465 e. The molecule has 0 aromatic rings. The van der Waals surface area contributed by atoms with Gasteiger partial charge in [-0.1, -0.05) is 13.3 Å². The van der Waals surface area contributed by atoms with Gasteiger partial charge in [-0.3, -0.25) is 9.69 Å². The normalized spacial score (nSPS) is 22.8. The SMILES string of the molecule is CCOC(=O)[C@H](N)[C@@](C)(CC)N1CCCCC1. The molecule has 4 heteroatoms. The summed E-state index contributed by atoms with van der Waals surface area (Å²) in [4.78, 5) is 14.2. The Bertz CT molecular complexity index is 252. The highest BCUT2D eigenvalue weighted by molar-refractivity contribution is 5.77. The van der Waals surface area contributed by atoms with Crippen LogP contribution in [0.5, 0.6) is 0 Å². The van der Waals surface area contributed by atoms with Crippen molar-refractivity contribution in [3.63, 3.8) is 0 Å². The Morgan fingerprint density at radius 2 is 1.94 bits per heavy atom. The molecule has 1 heterocycles. The van der Waals surface area contributed by atoms with Crippen molar-refractivity contribution >= 4 is 5.97 Å². The molecule has 2 N–H and O–H groups in total. The molecule has 0 spiro atoms. The van der Waals surface area contributed by atoms with Crippen molar-refractivity contribution in [2.45, 2.75) is 58.0 Å². The lowest BCUT2D eigenvalue weighted by molar-refractivity contribution is -0.149. The molecule has 100 valence electrons. The first-order valence-electron chi connectivity index (χ1n) is 6.73. The summed E-state index contributed by atoms with van der Waals surface area (Å²) < 4.78 is 5.05. The van der Waals surface area contributed by atoms with E-state index < -0.39 is 6.04 Å². The first-order chi connectivity index (χ1) is 8.06. The summed E-state index contributed by atoms with van der Waals surface area (Å²) in [5.41, 5.74) is 5.84. The topological polar surface area (TPSA) is 55.6 Å². The van der Waals surface area contributed by atoms with Crippen molar-refractivity contribution in [2.24, 2.45) is 5.73 Å². The van der Waals surface area contributed by atoms with E-state index in [1.54, 1.807) is 0 Å². The molecule has 2 atom stereocenters. The molecule has 17 heavy (non-hydrogen) atoms. The van der Waals surface area contributed by atoms with Crippen LogP contribution in [0.4, 0.5) is 0 Å². The van der Waals surface area contributed by atoms with Crippen LogP contribution in [-0.4, -0.2) is 42.1 Å². The first-order valence-corrected chi connectivity index (χ1v) is 6.73. The molecule has 0 amide bonds. The van der Waals surface area contributed by atoms with Crippen LogP contribution in [0.15, 0.2) is 0 Å². The summed E-state index contributed by atoms with van der Waals surface area (Å²) in [6, 6.07) is -0.550. The van der Waals surface area contributed by atoms with E-state index in [0.717, 1.165) is 19.5 Å². The molecular formula is C13H26N2O2. The number of carbonyl (C=O) groups is 1. The lowest BCUT2D eigenvalue weighted by Gasteiger charge is -2.45. The van der Waals surface area contributed by atoms with Gasteiger partial charge in [0.25, 0.3) is 0 Å². The third-order valence-electron chi connectivity index (χ3n) is 4.00. The van der Waals surface area contributed by atoms with E-state index >= 15 is 0 Å². The summed E-state index contributed by atoms with van der Waals surface area (Å²) in [5.74, 6) is -0.276. The van der Waals surface area contributed by atoms with E-state index in [2.05, 4.69) is 18.7 Å². The van der Waals surface area contributed by atoms with Gasteiger partial charge in [-0.05, 0) is 46.2 Å². The second-order valence-electron chi connectivity index (χ2n) is 4.99. The Morgan fingerprint density at radius 3 is 2.41 bits per heavy atom. The van der Waals surface area contributed by atoms with Gasteiger partial charge in [0.2, 0.25) is 0 Å². The Balaban J connectivity index is 2.74. The molecule has 0 aromatic heterocycles. The van der Waals surface area contributed by atoms with Gasteiger partial charge in [-0.25, -0.2) is 0 Å². The number of piperidine rings is 1. The average Bonchev–Trinajstić information content (AvgIpc) is 2.38. The predicted octanol–water partition coefficient (Wildman–Crippen LogP) is 1.53. The number of ether oxygens (including phenoxy) is 1. The highest BCUT2D eigenvalue weighted by atomic mass is 16.5. The number of hydrogen-bond donors (Lipinski definition) is 1. The van der Waals surface area contributed by atoms with Crippen molar-refractivity contribution < 1.29 is 9.53 Å². The highest BCUT2D eigenvalue weighted by Gasteiger charge is 2.41. The van der Waals surface area contributed by atoms with E-state index in [9.17, 15) is 4.79 Å². The van der Waals surface area contributed by atoms with Crippen LogP contribution in [0, 0.1) is 0 Å². The molecule has 0 unspecified atom stereocenters. The van der Waals surface area contributed by atoms with Crippen LogP contribution in [0.25, 0.3) is 0 Å². The summed E-state index contributed by atoms with van der Waals surface area (Å²) in [7, 11) is 0. The smallest absolute Gasteiger partial charge is 0.324 e. The number of nitrogens with two attached hydrogens (primary N) is 1. The zero-order valence-corrected chi connectivity index (χ0v) is 11.4. The molecule has 4 nitrogen and oxygen atoms in total. The van der Waals surface area contributed by atoms with Gasteiger partial charge < -0.3 is 10.5 Å². The van der Waals surface area contributed by atoms with Crippen molar-refractivity contribution in [1.82, 2.24) is 4.90 Å². The minimum absolute atomic E-state index is 0.271. The maximum atomic E-state index is 11.8. The molecule has 0 radical (unpaired) electrons. The molecule has 0 saturated carbocycles. The van der Waals surface area contributed by atoms with Gasteiger partial charge in [-0.2, -0.15) is 0 Å². The second-order valence-corrected chi connectivity index (χ2v) is 4.99. The third-order valence-corrected chi connectivity index (χ3v) is 4.00. The zero-order chi connectivity index (χ0) is 12.9. The third kappa shape index (κ3) is 3.19. The van der Waals surface area contributed by atoms with Crippen LogP contribution < -0.4 is 5.73 Å². The second kappa shape index (κ2) is 6.36. The lowest BCUT2D eigenvalue weighted by atomic mass is 9.86. The Morgan fingerprint density at radius 1 is 1.35 bits per heavy atom. The Labute approximate surface area is 104 Å². The van der Waals surface area contributed by atoms with Gasteiger partial charge in [0.1, 0.15) is 6.04 Å². The molecule has 1 rings (SSSR count). The van der Waals surface area contributed by atoms with Crippen molar-refractivity contribution in [3.8, 4) is 0 Å². The minimum atomic E-state index is -0.550. The van der Waals surface area contributed by atoms with E-state index in [1.807, 2.05) is 6.92 Å². The number of carbonyl (C=O) groups excluding carboxylic acids is 1. The van der Waals surface area contributed by atoms with Crippen LogP contribution in [0.2, 0.25) is 0 Å². The van der Waals surface area contributed by atoms with Crippen molar-refractivity contribution in [3.05, 3.63) is 0 Å². The van der Waals surface area contributed by atoms with Crippen molar-refractivity contribution in [2.75, 3.05) is 19.7 Å². The van der Waals surface area contributed by atoms with Gasteiger partial charge in [0.05, 0.1) is 6.61 Å². The molecule has 0 bridgehead atoms. The maximum absolute atomic E-state index is 11.8. The van der Waals surface area contributed by atoms with Crippen LogP contribution in [0.1, 0.15) is 46.5 Å². The van der Waals surface area contributed by atoms with E-state index in [0.29, 0.717) is 6.61 Å². The van der Waals surface area contributed by atoms with Crippen molar-refractivity contribution in [1.29, 1.82) is 0 Å². The van der Waals surface area contributed by atoms with Crippen LogP contribution >= 0.6 is 0 Å². The molecular weight excluding hydrogens is 216 g/mol. The maximum Gasteiger partial charge on any atom is 0.324 e. The number of likely N-dealkylation sites (tertiary alicyclic amines) is 1. The largest absolute Gasteiger partial charge is 0.465 e. The Hall–Kier alpha value is -0.610.